The predicted molar refractivity (Wildman–Crippen MR) is 117 cm³/mol. The van der Waals surface area contributed by atoms with Gasteiger partial charge in [-0.3, -0.25) is 0 Å². The number of hydrogen-bond acceptors (Lipinski definition) is 3. The van der Waals surface area contributed by atoms with Gasteiger partial charge in [-0.25, -0.2) is 0 Å². The first-order chi connectivity index (χ1) is 14.3. The van der Waals surface area contributed by atoms with Crippen LogP contribution in [0.2, 0.25) is 0 Å². The second kappa shape index (κ2) is 9.11. The van der Waals surface area contributed by atoms with Crippen molar-refractivity contribution in [3.63, 3.8) is 0 Å². The summed E-state index contributed by atoms with van der Waals surface area (Å²) in [6.07, 6.45) is 4.12. The molecule has 0 amide bonds. The molecule has 3 aromatic rings. The van der Waals surface area contributed by atoms with Gasteiger partial charge in [0.25, 0.3) is 6.02 Å². The molecule has 0 spiro atoms. The van der Waals surface area contributed by atoms with Gasteiger partial charge in [0.05, 0.1) is 19.3 Å². The summed E-state index contributed by atoms with van der Waals surface area (Å²) < 4.78 is 11.4. The lowest BCUT2D eigenvalue weighted by Crippen LogP contribution is -2.25. The second-order valence-electron chi connectivity index (χ2n) is 6.88. The number of benzene rings is 3. The molecule has 4 rings (SSSR count). The Morgan fingerprint density at radius 3 is 2.34 bits per heavy atom. The first-order valence-corrected chi connectivity index (χ1v) is 9.72. The minimum atomic E-state index is -0.0525. The minimum Gasteiger partial charge on any atom is -0.497 e. The number of nitrogens with zero attached hydrogens (tertiary/aromatic N) is 2. The fourth-order valence-electron chi connectivity index (χ4n) is 3.22. The maximum absolute atomic E-state index is 6.18. The lowest BCUT2D eigenvalue weighted by atomic mass is 10.1. The molecule has 4 heteroatoms. The number of methoxy groups -OCH3 is 1. The molecule has 0 N–H and O–H groups in total. The van der Waals surface area contributed by atoms with Gasteiger partial charge >= 0.3 is 0 Å². The Labute approximate surface area is 171 Å². The Hall–Kier alpha value is -3.53. The zero-order valence-corrected chi connectivity index (χ0v) is 16.4. The van der Waals surface area contributed by atoms with Gasteiger partial charge in [-0.15, -0.1) is 0 Å². The van der Waals surface area contributed by atoms with Gasteiger partial charge < -0.3 is 14.4 Å². The topological polar surface area (TPSA) is 34.1 Å². The maximum Gasteiger partial charge on any atom is 0.293 e. The standard InChI is InChI=1S/C25H24N2O2/c1-28-23-15-12-20(13-16-23)14-17-24-19-27(18-21-8-4-2-5-9-21)25(29-24)26-22-10-6-3-7-11-22/h2-17,24H,18-19H2,1H3/b17-14-,26-25?. The molecule has 1 atom stereocenters. The Morgan fingerprint density at radius 1 is 0.966 bits per heavy atom. The van der Waals surface area contributed by atoms with E-state index in [4.69, 9.17) is 14.5 Å². The first-order valence-electron chi connectivity index (χ1n) is 9.72. The van der Waals surface area contributed by atoms with Crippen LogP contribution < -0.4 is 4.74 Å². The lowest BCUT2D eigenvalue weighted by Gasteiger charge is -2.15. The lowest BCUT2D eigenvalue weighted by molar-refractivity contribution is 0.281. The number of aliphatic imine (C=N–C) groups is 1. The van der Waals surface area contributed by atoms with Crippen LogP contribution in [-0.4, -0.2) is 30.7 Å². The van der Waals surface area contributed by atoms with E-state index in [-0.39, 0.29) is 6.10 Å². The molecule has 0 bridgehead atoms. The van der Waals surface area contributed by atoms with Gasteiger partial charge in [0.15, 0.2) is 0 Å². The summed E-state index contributed by atoms with van der Waals surface area (Å²) in [6.45, 7) is 1.52. The van der Waals surface area contributed by atoms with E-state index in [2.05, 4.69) is 41.3 Å². The smallest absolute Gasteiger partial charge is 0.293 e. The summed E-state index contributed by atoms with van der Waals surface area (Å²) in [5.74, 6) is 0.852. The van der Waals surface area contributed by atoms with Gasteiger partial charge in [-0.05, 0) is 41.5 Å². The molecule has 0 aliphatic carbocycles. The quantitative estimate of drug-likeness (QED) is 0.578. The van der Waals surface area contributed by atoms with E-state index in [1.54, 1.807) is 7.11 Å². The summed E-state index contributed by atoms with van der Waals surface area (Å²) >= 11 is 0. The van der Waals surface area contributed by atoms with Crippen molar-refractivity contribution in [2.45, 2.75) is 12.6 Å². The number of ether oxygens (including phenoxy) is 2. The van der Waals surface area contributed by atoms with Crippen LogP contribution in [-0.2, 0) is 11.3 Å². The zero-order valence-electron chi connectivity index (χ0n) is 16.4. The van der Waals surface area contributed by atoms with Crippen molar-refractivity contribution in [1.82, 2.24) is 4.90 Å². The molecule has 1 aliphatic heterocycles. The Balaban J connectivity index is 1.52. The van der Waals surface area contributed by atoms with Gasteiger partial charge in [0.1, 0.15) is 11.9 Å². The molecule has 1 saturated heterocycles. The molecule has 29 heavy (non-hydrogen) atoms. The molecular weight excluding hydrogens is 360 g/mol. The van der Waals surface area contributed by atoms with Crippen LogP contribution in [0.5, 0.6) is 5.75 Å². The van der Waals surface area contributed by atoms with Crippen LogP contribution in [0.1, 0.15) is 11.1 Å². The van der Waals surface area contributed by atoms with Crippen molar-refractivity contribution < 1.29 is 9.47 Å². The van der Waals surface area contributed by atoms with E-state index < -0.39 is 0 Å². The Morgan fingerprint density at radius 2 is 1.66 bits per heavy atom. The van der Waals surface area contributed by atoms with Gasteiger partial charge in [-0.1, -0.05) is 66.7 Å². The van der Waals surface area contributed by atoms with Crippen LogP contribution in [0.4, 0.5) is 5.69 Å². The summed E-state index contributed by atoms with van der Waals surface area (Å²) in [5.41, 5.74) is 3.23. The summed E-state index contributed by atoms with van der Waals surface area (Å²) in [4.78, 5) is 6.92. The van der Waals surface area contributed by atoms with Crippen LogP contribution in [0.25, 0.3) is 6.08 Å². The molecule has 4 nitrogen and oxygen atoms in total. The third kappa shape index (κ3) is 5.05. The number of hydrogen-bond donors (Lipinski definition) is 0. The minimum absolute atomic E-state index is 0.0525. The molecule has 1 heterocycles. The fraction of sp³-hybridized carbons (Fsp3) is 0.160. The monoisotopic (exact) mass is 384 g/mol. The molecule has 0 saturated carbocycles. The van der Waals surface area contributed by atoms with Crippen molar-refractivity contribution >= 4 is 17.8 Å². The predicted octanol–water partition coefficient (Wildman–Crippen LogP) is 5.30. The van der Waals surface area contributed by atoms with Gasteiger partial charge in [-0.2, -0.15) is 4.99 Å². The normalized spacial score (nSPS) is 17.6. The average molecular weight is 384 g/mol. The molecule has 0 radical (unpaired) electrons. The first kappa shape index (κ1) is 18.8. The van der Waals surface area contributed by atoms with E-state index in [0.717, 1.165) is 30.1 Å². The molecule has 1 aliphatic rings. The van der Waals surface area contributed by atoms with Crippen molar-refractivity contribution in [2.24, 2.45) is 4.99 Å². The second-order valence-corrected chi connectivity index (χ2v) is 6.88. The SMILES string of the molecule is COc1ccc(/C=C\C2CN(Cc3ccccc3)C(=Nc3ccccc3)O2)cc1. The zero-order chi connectivity index (χ0) is 19.9. The summed E-state index contributed by atoms with van der Waals surface area (Å²) in [7, 11) is 1.67. The third-order valence-electron chi connectivity index (χ3n) is 4.74. The molecule has 146 valence electrons. The molecule has 1 unspecified atom stereocenters. The summed E-state index contributed by atoms with van der Waals surface area (Å²) in [5, 5.41) is 0. The highest BCUT2D eigenvalue weighted by atomic mass is 16.5. The fourth-order valence-corrected chi connectivity index (χ4v) is 3.22. The molecular formula is C25H24N2O2. The van der Waals surface area contributed by atoms with Crippen LogP contribution >= 0.6 is 0 Å². The van der Waals surface area contributed by atoms with Crippen LogP contribution in [0.15, 0.2) is 96.0 Å². The third-order valence-corrected chi connectivity index (χ3v) is 4.74. The van der Waals surface area contributed by atoms with E-state index in [1.807, 2.05) is 60.7 Å². The van der Waals surface area contributed by atoms with E-state index >= 15 is 0 Å². The number of para-hydroxylation sites is 1. The van der Waals surface area contributed by atoms with Crippen LogP contribution in [0.3, 0.4) is 0 Å². The Bertz CT molecular complexity index is 967. The van der Waals surface area contributed by atoms with Crippen molar-refractivity contribution in [2.75, 3.05) is 13.7 Å². The van der Waals surface area contributed by atoms with E-state index in [0.29, 0.717) is 6.02 Å². The van der Waals surface area contributed by atoms with E-state index in [1.165, 1.54) is 5.56 Å². The molecule has 0 aromatic heterocycles. The van der Waals surface area contributed by atoms with Crippen molar-refractivity contribution in [1.29, 1.82) is 0 Å². The Kier molecular flexibility index (Phi) is 5.91. The summed E-state index contributed by atoms with van der Waals surface area (Å²) in [6, 6.07) is 29.0. The highest BCUT2D eigenvalue weighted by Gasteiger charge is 2.28. The van der Waals surface area contributed by atoms with E-state index in [9.17, 15) is 0 Å². The highest BCUT2D eigenvalue weighted by Crippen LogP contribution is 2.21. The largest absolute Gasteiger partial charge is 0.497 e. The number of rotatable bonds is 6. The highest BCUT2D eigenvalue weighted by molar-refractivity contribution is 5.79. The van der Waals surface area contributed by atoms with Crippen LogP contribution in [0, 0.1) is 0 Å². The van der Waals surface area contributed by atoms with Gasteiger partial charge in [0.2, 0.25) is 0 Å². The van der Waals surface area contributed by atoms with Crippen molar-refractivity contribution in [3.8, 4) is 5.75 Å². The molecule has 3 aromatic carbocycles. The maximum atomic E-state index is 6.18. The van der Waals surface area contributed by atoms with Crippen molar-refractivity contribution in [3.05, 3.63) is 102 Å². The average Bonchev–Trinajstić information content (AvgIpc) is 3.15. The number of amidine groups is 1. The molecule has 1 fully saturated rings. The van der Waals surface area contributed by atoms with Gasteiger partial charge in [0, 0.05) is 6.54 Å².